The largest absolute Gasteiger partial charge is 0.496 e. The van der Waals surface area contributed by atoms with E-state index in [1.165, 1.54) is 31.8 Å². The van der Waals surface area contributed by atoms with Crippen LogP contribution in [0.1, 0.15) is 23.0 Å². The van der Waals surface area contributed by atoms with Crippen LogP contribution in [0, 0.1) is 0 Å². The van der Waals surface area contributed by atoms with Crippen molar-refractivity contribution in [2.45, 2.75) is 19.1 Å². The number of alkyl halides is 3. The fraction of sp³-hybridized carbons (Fsp3) is 0.222. The minimum absolute atomic E-state index is 0.0845. The van der Waals surface area contributed by atoms with Crippen LogP contribution in [0.2, 0.25) is 0 Å². The predicted octanol–water partition coefficient (Wildman–Crippen LogP) is 5.57. The smallest absolute Gasteiger partial charge is 0.420 e. The van der Waals surface area contributed by atoms with Crippen molar-refractivity contribution in [2.75, 3.05) is 7.11 Å². The Hall–Kier alpha value is -2.35. The number of rotatable bonds is 5. The Kier molecular flexibility index (Phi) is 5.31. The first-order valence-corrected chi connectivity index (χ1v) is 8.30. The van der Waals surface area contributed by atoms with Crippen LogP contribution in [0.25, 0.3) is 0 Å². The lowest BCUT2D eigenvalue weighted by Crippen LogP contribution is -2.09. The van der Waals surface area contributed by atoms with Gasteiger partial charge in [-0.05, 0) is 24.3 Å². The van der Waals surface area contributed by atoms with Gasteiger partial charge >= 0.3 is 6.18 Å². The summed E-state index contributed by atoms with van der Waals surface area (Å²) in [5, 5.41) is 0. The van der Waals surface area contributed by atoms with Gasteiger partial charge in [-0.25, -0.2) is 0 Å². The van der Waals surface area contributed by atoms with Crippen LogP contribution in [0.15, 0.2) is 53.4 Å². The third kappa shape index (κ3) is 4.07. The third-order valence-corrected chi connectivity index (χ3v) is 4.17. The summed E-state index contributed by atoms with van der Waals surface area (Å²) in [5.74, 6) is 0.214. The zero-order chi connectivity index (χ0) is 18.7. The van der Waals surface area contributed by atoms with Crippen molar-refractivity contribution in [3.63, 3.8) is 0 Å². The van der Waals surface area contributed by atoms with E-state index in [-0.39, 0.29) is 12.4 Å². The van der Waals surface area contributed by atoms with Crippen molar-refractivity contribution in [1.29, 1.82) is 0 Å². The second-order valence-electron chi connectivity index (χ2n) is 5.37. The summed E-state index contributed by atoms with van der Waals surface area (Å²) in [6.45, 7) is -0.0845. The van der Waals surface area contributed by atoms with E-state index >= 15 is 0 Å². The van der Waals surface area contributed by atoms with Gasteiger partial charge in [0.05, 0.1) is 12.7 Å². The fourth-order valence-electron chi connectivity index (χ4n) is 2.43. The Bertz CT molecular complexity index is 813. The summed E-state index contributed by atoms with van der Waals surface area (Å²) in [7, 11) is 1.47. The van der Waals surface area contributed by atoms with Gasteiger partial charge in [0, 0.05) is 15.6 Å². The van der Waals surface area contributed by atoms with Crippen LogP contribution in [0.3, 0.4) is 0 Å². The number of ether oxygens (including phenoxy) is 4. The normalized spacial score (nSPS) is 14.0. The number of hydrogen-bond acceptors (Lipinski definition) is 4. The Morgan fingerprint density at radius 3 is 2.42 bits per heavy atom. The van der Waals surface area contributed by atoms with E-state index < -0.39 is 18.0 Å². The van der Waals surface area contributed by atoms with Gasteiger partial charge in [0.15, 0.2) is 0 Å². The molecule has 3 rings (SSSR count). The molecule has 0 aromatic heterocycles. The van der Waals surface area contributed by atoms with Gasteiger partial charge in [-0.2, -0.15) is 13.2 Å². The molecule has 0 N–H and O–H groups in total. The third-order valence-electron chi connectivity index (χ3n) is 3.67. The molecule has 0 atom stereocenters. The van der Waals surface area contributed by atoms with Gasteiger partial charge < -0.3 is 18.9 Å². The van der Waals surface area contributed by atoms with Gasteiger partial charge in [-0.1, -0.05) is 28.1 Å². The fourth-order valence-corrected chi connectivity index (χ4v) is 2.79. The highest BCUT2D eigenvalue weighted by Crippen LogP contribution is 2.38. The Labute approximate surface area is 156 Å². The monoisotopic (exact) mass is 430 g/mol. The van der Waals surface area contributed by atoms with Gasteiger partial charge in [0.25, 0.3) is 6.29 Å². The summed E-state index contributed by atoms with van der Waals surface area (Å²) >= 11 is 3.04. The van der Waals surface area contributed by atoms with E-state index in [9.17, 15) is 13.2 Å². The van der Waals surface area contributed by atoms with Gasteiger partial charge in [0.2, 0.25) is 0 Å². The lowest BCUT2D eigenvalue weighted by Gasteiger charge is -2.17. The second kappa shape index (κ2) is 7.49. The average Bonchev–Trinajstić information content (AvgIpc) is 3.14. The summed E-state index contributed by atoms with van der Waals surface area (Å²) in [6, 6.07) is 8.89. The van der Waals surface area contributed by atoms with Crippen LogP contribution in [0.4, 0.5) is 13.2 Å². The van der Waals surface area contributed by atoms with E-state index in [4.69, 9.17) is 18.9 Å². The van der Waals surface area contributed by atoms with Gasteiger partial charge in [-0.3, -0.25) is 0 Å². The molecule has 0 saturated heterocycles. The molecule has 0 radical (unpaired) electrons. The van der Waals surface area contributed by atoms with Crippen LogP contribution in [-0.2, 0) is 22.3 Å². The molecule has 1 heterocycles. The highest BCUT2D eigenvalue weighted by atomic mass is 79.9. The highest BCUT2D eigenvalue weighted by Gasteiger charge is 2.34. The average molecular weight is 431 g/mol. The molecule has 0 fully saturated rings. The standard InChI is InChI=1S/C18H14BrF3O4/c1-23-16-8-11(17-24-6-7-25-17)2-3-12(16)10-26-15-5-4-13(19)9-14(15)18(20,21)22/h2-9,17H,10H2,1H3. The molecule has 138 valence electrons. The Balaban J connectivity index is 1.80. The van der Waals surface area contributed by atoms with E-state index in [1.54, 1.807) is 18.2 Å². The SMILES string of the molecule is COc1cc(C2OC=CO2)ccc1COc1ccc(Br)cc1C(F)(F)F. The van der Waals surface area contributed by atoms with Crippen LogP contribution < -0.4 is 9.47 Å². The number of benzene rings is 2. The number of methoxy groups -OCH3 is 1. The van der Waals surface area contributed by atoms with Crippen LogP contribution in [0.5, 0.6) is 11.5 Å². The van der Waals surface area contributed by atoms with Crippen molar-refractivity contribution < 1.29 is 32.1 Å². The van der Waals surface area contributed by atoms with Gasteiger partial charge in [-0.15, -0.1) is 0 Å². The van der Waals surface area contributed by atoms with Crippen LogP contribution in [-0.4, -0.2) is 7.11 Å². The second-order valence-corrected chi connectivity index (χ2v) is 6.29. The molecule has 0 amide bonds. The molecule has 2 aromatic carbocycles. The van der Waals surface area contributed by atoms with Crippen molar-refractivity contribution in [2.24, 2.45) is 0 Å². The molecule has 2 aromatic rings. The predicted molar refractivity (Wildman–Crippen MR) is 90.5 cm³/mol. The number of hydrogen-bond donors (Lipinski definition) is 0. The van der Waals surface area contributed by atoms with E-state index in [0.29, 0.717) is 15.8 Å². The van der Waals surface area contributed by atoms with Crippen molar-refractivity contribution in [3.05, 3.63) is 70.1 Å². The molecule has 0 spiro atoms. The molecular weight excluding hydrogens is 417 g/mol. The molecule has 1 aliphatic heterocycles. The lowest BCUT2D eigenvalue weighted by molar-refractivity contribution is -0.139. The first-order valence-electron chi connectivity index (χ1n) is 7.51. The summed E-state index contributed by atoms with van der Waals surface area (Å²) in [4.78, 5) is 0. The maximum absolute atomic E-state index is 13.2. The molecule has 26 heavy (non-hydrogen) atoms. The maximum atomic E-state index is 13.2. The van der Waals surface area contributed by atoms with E-state index in [0.717, 1.165) is 11.6 Å². The van der Waals surface area contributed by atoms with Crippen molar-refractivity contribution >= 4 is 15.9 Å². The molecule has 0 aliphatic carbocycles. The van der Waals surface area contributed by atoms with E-state index in [2.05, 4.69) is 15.9 Å². The van der Waals surface area contributed by atoms with Crippen molar-refractivity contribution in [1.82, 2.24) is 0 Å². The topological polar surface area (TPSA) is 36.9 Å². The summed E-state index contributed by atoms with van der Waals surface area (Å²) in [5.41, 5.74) is 0.467. The van der Waals surface area contributed by atoms with E-state index in [1.807, 2.05) is 0 Å². The van der Waals surface area contributed by atoms with Gasteiger partial charge in [0.1, 0.15) is 30.6 Å². The van der Waals surface area contributed by atoms with Crippen molar-refractivity contribution in [3.8, 4) is 11.5 Å². The first-order chi connectivity index (χ1) is 12.4. The quantitative estimate of drug-likeness (QED) is 0.620. The van der Waals surface area contributed by atoms with Crippen LogP contribution >= 0.6 is 15.9 Å². The molecule has 8 heteroatoms. The molecule has 1 aliphatic rings. The summed E-state index contributed by atoms with van der Waals surface area (Å²) in [6.07, 6.45) is -2.22. The maximum Gasteiger partial charge on any atom is 0.420 e. The molecule has 4 nitrogen and oxygen atoms in total. The highest BCUT2D eigenvalue weighted by molar-refractivity contribution is 9.10. The molecular formula is C18H14BrF3O4. The molecule has 0 saturated carbocycles. The molecule has 0 unspecified atom stereocenters. The zero-order valence-electron chi connectivity index (χ0n) is 13.5. The Morgan fingerprint density at radius 1 is 1.04 bits per heavy atom. The zero-order valence-corrected chi connectivity index (χ0v) is 15.1. The minimum atomic E-state index is -4.52. The number of halogens is 4. The first kappa shape index (κ1) is 18.4. The molecule has 0 bridgehead atoms. The Morgan fingerprint density at radius 2 is 1.77 bits per heavy atom. The summed E-state index contributed by atoms with van der Waals surface area (Å²) < 4.78 is 61.1. The lowest BCUT2D eigenvalue weighted by atomic mass is 10.1. The minimum Gasteiger partial charge on any atom is -0.496 e.